The van der Waals surface area contributed by atoms with Gasteiger partial charge >= 0.3 is 0 Å². The van der Waals surface area contributed by atoms with Crippen molar-refractivity contribution in [1.29, 1.82) is 0 Å². The summed E-state index contributed by atoms with van der Waals surface area (Å²) in [6.07, 6.45) is 1.85. The Morgan fingerprint density at radius 3 is 2.38 bits per heavy atom. The second-order valence-electron chi connectivity index (χ2n) is 7.26. The Morgan fingerprint density at radius 1 is 1.19 bits per heavy atom. The van der Waals surface area contributed by atoms with Crippen LogP contribution in [0, 0.1) is 11.8 Å². The monoisotopic (exact) mass is 493 g/mol. The minimum Gasteiger partial charge on any atom is -0.356 e. The number of hydrogen-bond acceptors (Lipinski definition) is 3. The summed E-state index contributed by atoms with van der Waals surface area (Å²) in [5, 5.41) is 3.33. The lowest BCUT2D eigenvalue weighted by Crippen LogP contribution is -2.48. The van der Waals surface area contributed by atoms with Crippen LogP contribution >= 0.6 is 24.0 Å². The molecule has 1 N–H and O–H groups in total. The molecule has 5 nitrogen and oxygen atoms in total. The molecule has 1 aromatic rings. The van der Waals surface area contributed by atoms with Crippen molar-refractivity contribution in [3.8, 4) is 0 Å². The van der Waals surface area contributed by atoms with Gasteiger partial charge in [0.2, 0.25) is 0 Å². The molecule has 148 valence electrons. The molecule has 1 heterocycles. The molecule has 0 spiro atoms. The van der Waals surface area contributed by atoms with Crippen LogP contribution in [0.1, 0.15) is 32.3 Å². The van der Waals surface area contributed by atoms with Crippen molar-refractivity contribution in [3.05, 3.63) is 35.9 Å². The van der Waals surface area contributed by atoms with Gasteiger partial charge in [-0.2, -0.15) is 0 Å². The van der Waals surface area contributed by atoms with E-state index in [1.807, 2.05) is 30.3 Å². The number of hydrogen-bond donors (Lipinski definition) is 1. The fourth-order valence-electron chi connectivity index (χ4n) is 3.56. The van der Waals surface area contributed by atoms with Gasteiger partial charge in [0.1, 0.15) is 0 Å². The molecular weight excluding hydrogens is 461 g/mol. The molecular formula is C19H32IN3O2S. The van der Waals surface area contributed by atoms with E-state index in [0.717, 1.165) is 24.6 Å². The normalized spacial score (nSPS) is 21.2. The summed E-state index contributed by atoms with van der Waals surface area (Å²) < 4.78 is 24.5. The van der Waals surface area contributed by atoms with E-state index in [9.17, 15) is 8.42 Å². The number of rotatable bonds is 6. The predicted octanol–water partition coefficient (Wildman–Crippen LogP) is 3.16. The fraction of sp³-hybridized carbons (Fsp3) is 0.632. The molecule has 0 aliphatic carbocycles. The number of guanidine groups is 1. The number of piperidine rings is 1. The second-order valence-corrected chi connectivity index (χ2v) is 9.44. The molecule has 0 aromatic heterocycles. The highest BCUT2D eigenvalue weighted by atomic mass is 127. The van der Waals surface area contributed by atoms with Crippen LogP contribution in [0.3, 0.4) is 0 Å². The summed E-state index contributed by atoms with van der Waals surface area (Å²) in [6.45, 7) is 7.19. The molecule has 2 atom stereocenters. The van der Waals surface area contributed by atoms with E-state index >= 15 is 0 Å². The van der Waals surface area contributed by atoms with Gasteiger partial charge in [0.25, 0.3) is 0 Å². The van der Waals surface area contributed by atoms with E-state index in [1.54, 1.807) is 7.05 Å². The van der Waals surface area contributed by atoms with Gasteiger partial charge in [-0.3, -0.25) is 4.99 Å². The number of nitrogens with zero attached hydrogens (tertiary/aromatic N) is 2. The SMILES string of the molecule is CN=C(NCCCS(=O)(=O)Cc1ccccc1)N1CC(C)CC(C)C1.I. The van der Waals surface area contributed by atoms with Crippen molar-refractivity contribution >= 4 is 39.8 Å². The first-order valence-corrected chi connectivity index (χ1v) is 10.9. The Bertz CT molecular complexity index is 655. The number of sulfone groups is 1. The lowest BCUT2D eigenvalue weighted by molar-refractivity contribution is 0.208. The van der Waals surface area contributed by atoms with E-state index in [0.29, 0.717) is 24.8 Å². The maximum absolute atomic E-state index is 12.2. The minimum absolute atomic E-state index is 0. The molecule has 0 saturated carbocycles. The van der Waals surface area contributed by atoms with E-state index < -0.39 is 9.84 Å². The lowest BCUT2D eigenvalue weighted by atomic mass is 9.92. The van der Waals surface area contributed by atoms with Gasteiger partial charge in [0.05, 0.1) is 11.5 Å². The first-order valence-electron chi connectivity index (χ1n) is 9.09. The summed E-state index contributed by atoms with van der Waals surface area (Å²) in [4.78, 5) is 6.65. The summed E-state index contributed by atoms with van der Waals surface area (Å²) in [5.74, 6) is 2.52. The van der Waals surface area contributed by atoms with E-state index in [1.165, 1.54) is 6.42 Å². The van der Waals surface area contributed by atoms with Crippen molar-refractivity contribution in [2.24, 2.45) is 16.8 Å². The third kappa shape index (κ3) is 7.82. The zero-order valence-electron chi connectivity index (χ0n) is 16.0. The zero-order chi connectivity index (χ0) is 18.3. The third-order valence-corrected chi connectivity index (χ3v) is 6.21. The number of halogens is 1. The van der Waals surface area contributed by atoms with Gasteiger partial charge < -0.3 is 10.2 Å². The van der Waals surface area contributed by atoms with Crippen LogP contribution < -0.4 is 5.32 Å². The Morgan fingerprint density at radius 2 is 1.81 bits per heavy atom. The number of aliphatic imine (C=N–C) groups is 1. The van der Waals surface area contributed by atoms with E-state index in [2.05, 4.69) is 29.1 Å². The van der Waals surface area contributed by atoms with Crippen molar-refractivity contribution in [3.63, 3.8) is 0 Å². The maximum atomic E-state index is 12.2. The van der Waals surface area contributed by atoms with Gasteiger partial charge in [0.15, 0.2) is 15.8 Å². The van der Waals surface area contributed by atoms with Crippen LogP contribution in [0.5, 0.6) is 0 Å². The van der Waals surface area contributed by atoms with Gasteiger partial charge in [-0.25, -0.2) is 8.42 Å². The lowest BCUT2D eigenvalue weighted by Gasteiger charge is -2.37. The van der Waals surface area contributed by atoms with Crippen molar-refractivity contribution in [1.82, 2.24) is 10.2 Å². The highest BCUT2D eigenvalue weighted by molar-refractivity contribution is 14.0. The average Bonchev–Trinajstić information content (AvgIpc) is 2.54. The zero-order valence-corrected chi connectivity index (χ0v) is 19.2. The molecule has 7 heteroatoms. The van der Waals surface area contributed by atoms with Crippen LogP contribution in [-0.2, 0) is 15.6 Å². The molecule has 2 unspecified atom stereocenters. The highest BCUT2D eigenvalue weighted by Gasteiger charge is 2.23. The smallest absolute Gasteiger partial charge is 0.193 e. The van der Waals surface area contributed by atoms with Gasteiger partial charge in [-0.05, 0) is 30.2 Å². The molecule has 2 rings (SSSR count). The third-order valence-electron chi connectivity index (χ3n) is 4.52. The average molecular weight is 493 g/mol. The quantitative estimate of drug-likeness (QED) is 0.286. The minimum atomic E-state index is -3.08. The van der Waals surface area contributed by atoms with Crippen LogP contribution in [0.15, 0.2) is 35.3 Å². The largest absolute Gasteiger partial charge is 0.356 e. The van der Waals surface area contributed by atoms with Crippen molar-refractivity contribution in [2.75, 3.05) is 32.4 Å². The highest BCUT2D eigenvalue weighted by Crippen LogP contribution is 2.20. The molecule has 0 radical (unpaired) electrons. The van der Waals surface area contributed by atoms with Crippen molar-refractivity contribution < 1.29 is 8.42 Å². The Balaban J connectivity index is 0.00000338. The molecule has 1 fully saturated rings. The van der Waals surface area contributed by atoms with Crippen LogP contribution in [0.4, 0.5) is 0 Å². The summed E-state index contributed by atoms with van der Waals surface area (Å²) in [7, 11) is -1.29. The molecule has 0 amide bonds. The van der Waals surface area contributed by atoms with Gasteiger partial charge in [-0.1, -0.05) is 44.2 Å². The second kappa shape index (κ2) is 11.1. The number of nitrogens with one attached hydrogen (secondary N) is 1. The fourth-order valence-corrected chi connectivity index (χ4v) is 4.99. The number of benzene rings is 1. The van der Waals surface area contributed by atoms with Gasteiger partial charge in [0, 0.05) is 26.7 Å². The van der Waals surface area contributed by atoms with Crippen molar-refractivity contribution in [2.45, 2.75) is 32.4 Å². The van der Waals surface area contributed by atoms with Crippen LogP contribution in [0.25, 0.3) is 0 Å². The Hall–Kier alpha value is -0.830. The standard InChI is InChI=1S/C19H31N3O2S.HI/c1-16-12-17(2)14-22(13-16)19(20-3)21-10-7-11-25(23,24)15-18-8-5-4-6-9-18;/h4-6,8-9,16-17H,7,10-15H2,1-3H3,(H,20,21);1H. The first-order chi connectivity index (χ1) is 11.9. The van der Waals surface area contributed by atoms with Crippen LogP contribution in [0.2, 0.25) is 0 Å². The maximum Gasteiger partial charge on any atom is 0.193 e. The first kappa shape index (κ1) is 23.2. The summed E-state index contributed by atoms with van der Waals surface area (Å²) in [5.41, 5.74) is 0.850. The molecule has 1 saturated heterocycles. The molecule has 1 aliphatic heterocycles. The molecule has 1 aliphatic rings. The molecule has 1 aromatic carbocycles. The molecule has 0 bridgehead atoms. The summed E-state index contributed by atoms with van der Waals surface area (Å²) in [6, 6.07) is 9.36. The van der Waals surface area contributed by atoms with Crippen LogP contribution in [-0.4, -0.2) is 51.7 Å². The van der Waals surface area contributed by atoms with Gasteiger partial charge in [-0.15, -0.1) is 24.0 Å². The predicted molar refractivity (Wildman–Crippen MR) is 120 cm³/mol. The number of likely N-dealkylation sites (tertiary alicyclic amines) is 1. The summed E-state index contributed by atoms with van der Waals surface area (Å²) >= 11 is 0. The van der Waals surface area contributed by atoms with E-state index in [-0.39, 0.29) is 35.5 Å². The Labute approximate surface area is 175 Å². The van der Waals surface area contributed by atoms with E-state index in [4.69, 9.17) is 0 Å². The molecule has 26 heavy (non-hydrogen) atoms. The topological polar surface area (TPSA) is 61.8 Å². The Kier molecular flexibility index (Phi) is 9.92.